The average molecular weight is 201 g/mol. The van der Waals surface area contributed by atoms with Crippen molar-refractivity contribution < 1.29 is 0 Å². The highest BCUT2D eigenvalue weighted by Crippen LogP contribution is 2.38. The van der Waals surface area contributed by atoms with Crippen LogP contribution in [0.25, 0.3) is 16.2 Å². The summed E-state index contributed by atoms with van der Waals surface area (Å²) < 4.78 is 1.37. The lowest BCUT2D eigenvalue weighted by atomic mass is 10.1. The lowest BCUT2D eigenvalue weighted by molar-refractivity contribution is 1.34. The summed E-state index contributed by atoms with van der Waals surface area (Å²) in [5, 5.41) is 4.81. The van der Waals surface area contributed by atoms with Gasteiger partial charge in [-0.05, 0) is 25.1 Å². The number of hydrogen-bond donors (Lipinski definition) is 1. The van der Waals surface area contributed by atoms with E-state index in [9.17, 15) is 0 Å². The van der Waals surface area contributed by atoms with Crippen molar-refractivity contribution in [2.45, 2.75) is 6.92 Å². The smallest absolute Gasteiger partial charge is 0.0605 e. The number of aryl methyl sites for hydroxylation is 1. The van der Waals surface area contributed by atoms with Gasteiger partial charge in [0.25, 0.3) is 0 Å². The molecular formula is C12H11NS. The van der Waals surface area contributed by atoms with Crippen LogP contribution < -0.4 is 5.32 Å². The highest BCUT2D eigenvalue weighted by molar-refractivity contribution is 7.20. The van der Waals surface area contributed by atoms with E-state index in [-0.39, 0.29) is 0 Å². The van der Waals surface area contributed by atoms with Crippen molar-refractivity contribution in [2.24, 2.45) is 0 Å². The Morgan fingerprint density at radius 3 is 3.21 bits per heavy atom. The second-order valence-electron chi connectivity index (χ2n) is 3.62. The maximum Gasteiger partial charge on any atom is 0.0605 e. The molecule has 0 amide bonds. The molecule has 1 nitrogen and oxygen atoms in total. The molecule has 14 heavy (non-hydrogen) atoms. The highest BCUT2D eigenvalue weighted by atomic mass is 32.1. The quantitative estimate of drug-likeness (QED) is 0.686. The third-order valence-corrected chi connectivity index (χ3v) is 3.67. The Bertz CT molecular complexity index is 522. The zero-order chi connectivity index (χ0) is 9.54. The SMILES string of the molecule is Cc1ccc2sc3c(c2c1)NCC=C3. The van der Waals surface area contributed by atoms with Gasteiger partial charge in [-0.2, -0.15) is 0 Å². The Kier molecular flexibility index (Phi) is 1.64. The Balaban J connectivity index is 2.39. The van der Waals surface area contributed by atoms with Gasteiger partial charge in [0.15, 0.2) is 0 Å². The fourth-order valence-electron chi connectivity index (χ4n) is 1.86. The molecule has 0 bridgehead atoms. The summed E-state index contributed by atoms with van der Waals surface area (Å²) in [5.74, 6) is 0. The molecule has 0 radical (unpaired) electrons. The molecule has 0 spiro atoms. The molecule has 0 fully saturated rings. The summed E-state index contributed by atoms with van der Waals surface area (Å²) in [6.45, 7) is 3.09. The van der Waals surface area contributed by atoms with Gasteiger partial charge in [-0.25, -0.2) is 0 Å². The van der Waals surface area contributed by atoms with Crippen molar-refractivity contribution in [1.29, 1.82) is 0 Å². The van der Waals surface area contributed by atoms with Crippen LogP contribution >= 0.6 is 11.3 Å². The monoisotopic (exact) mass is 201 g/mol. The second-order valence-corrected chi connectivity index (χ2v) is 4.71. The molecule has 0 saturated carbocycles. The third kappa shape index (κ3) is 1.07. The van der Waals surface area contributed by atoms with Gasteiger partial charge in [0.2, 0.25) is 0 Å². The van der Waals surface area contributed by atoms with E-state index in [0.29, 0.717) is 0 Å². The van der Waals surface area contributed by atoms with Crippen LogP contribution in [0.1, 0.15) is 10.4 Å². The summed E-state index contributed by atoms with van der Waals surface area (Å²) in [7, 11) is 0. The Labute approximate surface area is 87.1 Å². The van der Waals surface area contributed by atoms with Gasteiger partial charge in [-0.1, -0.05) is 17.7 Å². The minimum Gasteiger partial charge on any atom is -0.380 e. The van der Waals surface area contributed by atoms with Crippen molar-refractivity contribution in [2.75, 3.05) is 11.9 Å². The van der Waals surface area contributed by atoms with Gasteiger partial charge < -0.3 is 5.32 Å². The van der Waals surface area contributed by atoms with E-state index in [2.05, 4.69) is 42.6 Å². The number of rotatable bonds is 0. The molecule has 0 aliphatic carbocycles. The lowest BCUT2D eigenvalue weighted by Crippen LogP contribution is -2.01. The summed E-state index contributed by atoms with van der Waals surface area (Å²) >= 11 is 1.86. The average Bonchev–Trinajstić information content (AvgIpc) is 2.56. The van der Waals surface area contributed by atoms with Crippen LogP contribution in [0.15, 0.2) is 24.3 Å². The maximum absolute atomic E-state index is 3.44. The molecule has 1 aromatic heterocycles. The van der Waals surface area contributed by atoms with Crippen LogP contribution in [0.2, 0.25) is 0 Å². The minimum absolute atomic E-state index is 0.951. The first-order valence-corrected chi connectivity index (χ1v) is 5.60. The first kappa shape index (κ1) is 8.06. The molecule has 1 aromatic carbocycles. The highest BCUT2D eigenvalue weighted by Gasteiger charge is 2.11. The van der Waals surface area contributed by atoms with Crippen LogP contribution in [-0.4, -0.2) is 6.54 Å². The number of benzene rings is 1. The van der Waals surface area contributed by atoms with E-state index in [1.165, 1.54) is 26.2 Å². The van der Waals surface area contributed by atoms with Gasteiger partial charge in [-0.15, -0.1) is 11.3 Å². The van der Waals surface area contributed by atoms with E-state index in [1.54, 1.807) is 0 Å². The molecule has 70 valence electrons. The number of anilines is 1. The zero-order valence-electron chi connectivity index (χ0n) is 8.00. The summed E-state index contributed by atoms with van der Waals surface area (Å²) in [6.07, 6.45) is 4.39. The van der Waals surface area contributed by atoms with Gasteiger partial charge >= 0.3 is 0 Å². The van der Waals surface area contributed by atoms with E-state index in [4.69, 9.17) is 0 Å². The van der Waals surface area contributed by atoms with Crippen LogP contribution in [0, 0.1) is 6.92 Å². The Morgan fingerprint density at radius 1 is 1.36 bits per heavy atom. The molecule has 1 N–H and O–H groups in total. The van der Waals surface area contributed by atoms with Gasteiger partial charge in [0.1, 0.15) is 0 Å². The molecule has 1 aliphatic rings. The topological polar surface area (TPSA) is 12.0 Å². The van der Waals surface area contributed by atoms with Crippen molar-refractivity contribution in [3.63, 3.8) is 0 Å². The first-order chi connectivity index (χ1) is 6.84. The first-order valence-electron chi connectivity index (χ1n) is 4.78. The minimum atomic E-state index is 0.951. The number of hydrogen-bond acceptors (Lipinski definition) is 2. The lowest BCUT2D eigenvalue weighted by Gasteiger charge is -2.08. The molecular weight excluding hydrogens is 190 g/mol. The van der Waals surface area contributed by atoms with E-state index < -0.39 is 0 Å². The predicted octanol–water partition coefficient (Wildman–Crippen LogP) is 3.65. The zero-order valence-corrected chi connectivity index (χ0v) is 8.82. The number of fused-ring (bicyclic) bond motifs is 3. The largest absolute Gasteiger partial charge is 0.380 e. The Hall–Kier alpha value is -1.28. The molecule has 0 unspecified atom stereocenters. The van der Waals surface area contributed by atoms with Gasteiger partial charge in [0, 0.05) is 16.6 Å². The molecule has 2 heteroatoms. The fourth-order valence-corrected chi connectivity index (χ4v) is 2.95. The van der Waals surface area contributed by atoms with E-state index in [1.807, 2.05) is 11.3 Å². The normalized spacial score (nSPS) is 14.1. The van der Waals surface area contributed by atoms with Crippen molar-refractivity contribution in [3.8, 4) is 0 Å². The summed E-state index contributed by atoms with van der Waals surface area (Å²) in [6, 6.07) is 6.65. The van der Waals surface area contributed by atoms with Crippen LogP contribution in [-0.2, 0) is 0 Å². The van der Waals surface area contributed by atoms with Crippen molar-refractivity contribution >= 4 is 33.2 Å². The summed E-state index contributed by atoms with van der Waals surface area (Å²) in [5.41, 5.74) is 2.64. The molecule has 2 heterocycles. The van der Waals surface area contributed by atoms with Gasteiger partial charge in [-0.3, -0.25) is 0 Å². The van der Waals surface area contributed by atoms with Gasteiger partial charge in [0.05, 0.1) is 10.6 Å². The molecule has 3 rings (SSSR count). The fraction of sp³-hybridized carbons (Fsp3) is 0.167. The maximum atomic E-state index is 3.44. The Morgan fingerprint density at radius 2 is 2.29 bits per heavy atom. The molecule has 2 aromatic rings. The van der Waals surface area contributed by atoms with E-state index in [0.717, 1.165) is 6.54 Å². The molecule has 0 atom stereocenters. The standard InChI is InChI=1S/C12H11NS/c1-8-4-5-10-9(7-8)12-11(14-10)3-2-6-13-12/h2-5,7,13H,6H2,1H3. The third-order valence-electron chi connectivity index (χ3n) is 2.54. The van der Waals surface area contributed by atoms with Crippen LogP contribution in [0.5, 0.6) is 0 Å². The second kappa shape index (κ2) is 2.85. The van der Waals surface area contributed by atoms with Crippen molar-refractivity contribution in [3.05, 3.63) is 34.7 Å². The van der Waals surface area contributed by atoms with Crippen LogP contribution in [0.4, 0.5) is 5.69 Å². The van der Waals surface area contributed by atoms with E-state index >= 15 is 0 Å². The van der Waals surface area contributed by atoms with Crippen LogP contribution in [0.3, 0.4) is 0 Å². The number of thiophene rings is 1. The molecule has 0 saturated heterocycles. The predicted molar refractivity (Wildman–Crippen MR) is 64.1 cm³/mol. The summed E-state index contributed by atoms with van der Waals surface area (Å²) in [4.78, 5) is 1.36. The number of nitrogens with one attached hydrogen (secondary N) is 1. The molecule has 1 aliphatic heterocycles. The van der Waals surface area contributed by atoms with Crippen molar-refractivity contribution in [1.82, 2.24) is 0 Å².